The molecule has 1 spiro atoms. The van der Waals surface area contributed by atoms with Gasteiger partial charge in [0.2, 0.25) is 0 Å². The number of piperidine rings is 1. The van der Waals surface area contributed by atoms with Crippen LogP contribution in [0.4, 0.5) is 0 Å². The summed E-state index contributed by atoms with van der Waals surface area (Å²) in [6.07, 6.45) is 1.53. The van der Waals surface area contributed by atoms with Crippen molar-refractivity contribution in [1.29, 1.82) is 0 Å². The fourth-order valence-electron chi connectivity index (χ4n) is 10.7. The number of likely N-dealkylation sites (tertiary alicyclic amines) is 1. The van der Waals surface area contributed by atoms with Gasteiger partial charge in [0, 0.05) is 64.1 Å². The Kier molecular flexibility index (Phi) is 4.84. The molecule has 6 rings (SSSR count). The van der Waals surface area contributed by atoms with Gasteiger partial charge in [-0.15, -0.1) is 0 Å². The number of carbonyl (C=O) groups excluding carboxylic acids is 1. The molecule has 1 saturated heterocycles. The molecule has 5 saturated carbocycles. The number of hydrogen-bond donors (Lipinski definition) is 2. The summed E-state index contributed by atoms with van der Waals surface area (Å²) >= 11 is 0. The molecule has 33 heavy (non-hydrogen) atoms. The van der Waals surface area contributed by atoms with Crippen LogP contribution in [0, 0.1) is 34.5 Å². The maximum atomic E-state index is 13.8. The lowest BCUT2D eigenvalue weighted by atomic mass is 9.42. The highest BCUT2D eigenvalue weighted by Crippen LogP contribution is 2.79. The quantitative estimate of drug-likeness (QED) is 0.585. The lowest BCUT2D eigenvalue weighted by molar-refractivity contribution is -0.301. The van der Waals surface area contributed by atoms with Gasteiger partial charge in [-0.05, 0) is 31.7 Å². The van der Waals surface area contributed by atoms with E-state index in [2.05, 4.69) is 11.8 Å². The zero-order chi connectivity index (χ0) is 23.6. The minimum Gasteiger partial charge on any atom is -0.386 e. The Hall–Kier alpha value is -0.610. The summed E-state index contributed by atoms with van der Waals surface area (Å²) in [5.74, 6) is -0.972. The van der Waals surface area contributed by atoms with E-state index in [-0.39, 0.29) is 47.5 Å². The molecule has 7 bridgehead atoms. The van der Waals surface area contributed by atoms with E-state index in [0.717, 1.165) is 25.9 Å². The molecule has 12 atom stereocenters. The second-order valence-electron chi connectivity index (χ2n) is 11.7. The van der Waals surface area contributed by atoms with E-state index >= 15 is 0 Å². The number of nitrogens with zero attached hydrogens (tertiary/aromatic N) is 1. The topological polar surface area (TPSA) is 97.7 Å². The Morgan fingerprint density at radius 3 is 2.48 bits per heavy atom. The third-order valence-electron chi connectivity index (χ3n) is 11.2. The highest BCUT2D eigenvalue weighted by atomic mass is 16.5. The average Bonchev–Trinajstić information content (AvgIpc) is 3.16. The van der Waals surface area contributed by atoms with Crippen LogP contribution in [0.1, 0.15) is 32.6 Å². The lowest BCUT2D eigenvalue weighted by Gasteiger charge is -2.69. The average molecular weight is 466 g/mol. The molecule has 0 radical (unpaired) electrons. The molecule has 0 amide bonds. The molecule has 1 heterocycles. The highest BCUT2D eigenvalue weighted by Gasteiger charge is 2.91. The predicted octanol–water partition coefficient (Wildman–Crippen LogP) is 0.479. The van der Waals surface area contributed by atoms with Crippen LogP contribution < -0.4 is 0 Å². The minimum absolute atomic E-state index is 0.0498. The van der Waals surface area contributed by atoms with E-state index in [1.807, 2.05) is 0 Å². The molecular formula is C25H39NO7. The van der Waals surface area contributed by atoms with Gasteiger partial charge in [-0.3, -0.25) is 9.69 Å². The van der Waals surface area contributed by atoms with Crippen LogP contribution in [-0.2, 0) is 23.7 Å². The van der Waals surface area contributed by atoms with Crippen LogP contribution >= 0.6 is 0 Å². The smallest absolute Gasteiger partial charge is 0.144 e. The second kappa shape index (κ2) is 6.99. The van der Waals surface area contributed by atoms with E-state index in [9.17, 15) is 15.0 Å². The molecule has 0 aromatic heterocycles. The van der Waals surface area contributed by atoms with E-state index in [4.69, 9.17) is 18.9 Å². The SMILES string of the molecule is CCN1C[C@]2(COC)CCC(OC)[C@@]34[C@@H]5C[C@H]6C(=O)[C@@H]5[C@](O)(C[C@@H]6OC)[C@@](O)(C(OC)[C@H]23)[C@@H]14. The summed E-state index contributed by atoms with van der Waals surface area (Å²) in [5, 5.41) is 25.4. The third-order valence-corrected chi connectivity index (χ3v) is 11.2. The first kappa shape index (κ1) is 22.8. The first-order valence-electron chi connectivity index (χ1n) is 12.6. The molecule has 6 fully saturated rings. The second-order valence-corrected chi connectivity index (χ2v) is 11.7. The summed E-state index contributed by atoms with van der Waals surface area (Å²) in [6.45, 7) is 4.19. The number of likely N-dealkylation sites (N-methyl/N-ethyl adjacent to an activating group) is 1. The fraction of sp³-hybridized carbons (Fsp3) is 0.960. The van der Waals surface area contributed by atoms with Crippen molar-refractivity contribution in [2.45, 2.75) is 68.2 Å². The standard InChI is InChI=1S/C25H39NO7/c1-6-26-11-22(12-30-2)8-7-16(32-4)24-14-9-13-15(31-3)10-23(28,17(14)18(13)27)25(29,21(24)26)20(33-5)19(22)24/h13-17,19-21,28-29H,6-12H2,1-5H3/t13-,14-,15+,16?,17-,19-,20?,21+,22+,23-,24+,25-/m1/s1. The third kappa shape index (κ3) is 2.15. The molecule has 2 unspecified atom stereocenters. The maximum Gasteiger partial charge on any atom is 0.144 e. The van der Waals surface area contributed by atoms with Crippen molar-refractivity contribution in [3.05, 3.63) is 0 Å². The van der Waals surface area contributed by atoms with Crippen LogP contribution in [0.15, 0.2) is 0 Å². The molecule has 6 aliphatic rings. The van der Waals surface area contributed by atoms with Gasteiger partial charge < -0.3 is 29.2 Å². The van der Waals surface area contributed by atoms with Crippen molar-refractivity contribution in [1.82, 2.24) is 4.90 Å². The number of hydrogen-bond acceptors (Lipinski definition) is 8. The number of fused-ring (bicyclic) bond motifs is 2. The Balaban J connectivity index is 1.68. The van der Waals surface area contributed by atoms with Gasteiger partial charge in [-0.1, -0.05) is 6.92 Å². The van der Waals surface area contributed by atoms with Crippen LogP contribution in [0.3, 0.4) is 0 Å². The number of aliphatic hydroxyl groups is 2. The van der Waals surface area contributed by atoms with Crippen molar-refractivity contribution in [3.63, 3.8) is 0 Å². The molecule has 8 heteroatoms. The van der Waals surface area contributed by atoms with Crippen molar-refractivity contribution < 1.29 is 34.0 Å². The van der Waals surface area contributed by atoms with E-state index in [0.29, 0.717) is 13.0 Å². The zero-order valence-corrected chi connectivity index (χ0v) is 20.5. The van der Waals surface area contributed by atoms with Gasteiger partial charge in [0.25, 0.3) is 0 Å². The van der Waals surface area contributed by atoms with Gasteiger partial charge in [-0.25, -0.2) is 0 Å². The number of carbonyl (C=O) groups is 1. The highest BCUT2D eigenvalue weighted by molar-refractivity contribution is 5.90. The van der Waals surface area contributed by atoms with E-state index in [1.54, 1.807) is 28.4 Å². The van der Waals surface area contributed by atoms with Gasteiger partial charge in [0.1, 0.15) is 17.0 Å². The van der Waals surface area contributed by atoms with E-state index < -0.39 is 34.7 Å². The maximum absolute atomic E-state index is 13.8. The van der Waals surface area contributed by atoms with Gasteiger partial charge in [-0.2, -0.15) is 0 Å². The van der Waals surface area contributed by atoms with Crippen LogP contribution in [0.25, 0.3) is 0 Å². The van der Waals surface area contributed by atoms with Crippen molar-refractivity contribution >= 4 is 5.78 Å². The summed E-state index contributed by atoms with van der Waals surface area (Å²) in [4.78, 5) is 16.1. The number of ketones is 1. The van der Waals surface area contributed by atoms with Crippen LogP contribution in [0.5, 0.6) is 0 Å². The molecule has 8 nitrogen and oxygen atoms in total. The normalized spacial score (nSPS) is 58.7. The van der Waals surface area contributed by atoms with Crippen LogP contribution in [0.2, 0.25) is 0 Å². The number of methoxy groups -OCH3 is 4. The van der Waals surface area contributed by atoms with Crippen LogP contribution in [-0.4, -0.2) is 105 Å². The summed E-state index contributed by atoms with van der Waals surface area (Å²) in [6, 6.07) is -0.353. The van der Waals surface area contributed by atoms with Gasteiger partial charge in [0.05, 0.1) is 36.9 Å². The first-order valence-corrected chi connectivity index (χ1v) is 12.6. The Morgan fingerprint density at radius 1 is 1.12 bits per heavy atom. The molecule has 186 valence electrons. The van der Waals surface area contributed by atoms with Crippen molar-refractivity contribution in [2.75, 3.05) is 48.1 Å². The molecule has 1 aliphatic heterocycles. The predicted molar refractivity (Wildman–Crippen MR) is 118 cm³/mol. The summed E-state index contributed by atoms with van der Waals surface area (Å²) in [7, 11) is 6.75. The number of Topliss-reactive ketones (excluding diaryl/α,β-unsaturated/α-hetero) is 1. The van der Waals surface area contributed by atoms with Crippen molar-refractivity contribution in [3.8, 4) is 0 Å². The molecule has 0 aromatic carbocycles. The zero-order valence-electron chi connectivity index (χ0n) is 20.5. The lowest BCUT2D eigenvalue weighted by Crippen LogP contribution is -2.81. The molecule has 0 aromatic rings. The molecule has 5 aliphatic carbocycles. The minimum atomic E-state index is -1.61. The van der Waals surface area contributed by atoms with Gasteiger partial charge >= 0.3 is 0 Å². The molecular weight excluding hydrogens is 426 g/mol. The number of rotatable bonds is 6. The Bertz CT molecular complexity index is 855. The fourth-order valence-corrected chi connectivity index (χ4v) is 10.7. The Labute approximate surface area is 195 Å². The summed E-state index contributed by atoms with van der Waals surface area (Å²) in [5.41, 5.74) is -3.95. The monoisotopic (exact) mass is 465 g/mol. The van der Waals surface area contributed by atoms with Gasteiger partial charge in [0.15, 0.2) is 0 Å². The molecule has 2 N–H and O–H groups in total. The summed E-state index contributed by atoms with van der Waals surface area (Å²) < 4.78 is 24.1. The first-order chi connectivity index (χ1) is 15.8. The van der Waals surface area contributed by atoms with Crippen molar-refractivity contribution in [2.24, 2.45) is 34.5 Å². The number of ether oxygens (including phenoxy) is 4. The Morgan fingerprint density at radius 2 is 1.88 bits per heavy atom. The van der Waals surface area contributed by atoms with E-state index in [1.165, 1.54) is 0 Å². The largest absolute Gasteiger partial charge is 0.386 e.